The van der Waals surface area contributed by atoms with Crippen molar-refractivity contribution in [3.8, 4) is 0 Å². The molecular weight excluding hydrogens is 208 g/mol. The molecule has 0 saturated heterocycles. The van der Waals surface area contributed by atoms with Crippen molar-refractivity contribution in [3.63, 3.8) is 0 Å². The Morgan fingerprint density at radius 1 is 1.50 bits per heavy atom. The van der Waals surface area contributed by atoms with E-state index in [1.165, 1.54) is 0 Å². The minimum absolute atomic E-state index is 0.236. The molecule has 0 fully saturated rings. The van der Waals surface area contributed by atoms with E-state index in [2.05, 4.69) is 11.3 Å². The quantitative estimate of drug-likeness (QED) is 0.311. The molecule has 0 aromatic carbocycles. The molecule has 0 spiro atoms. The van der Waals surface area contributed by atoms with Crippen LogP contribution in [0.3, 0.4) is 0 Å². The number of hydrogen-bond donors (Lipinski definition) is 1. The number of rotatable bonds is 6. The van der Waals surface area contributed by atoms with E-state index in [0.29, 0.717) is 6.42 Å². The van der Waals surface area contributed by atoms with Crippen LogP contribution in [0.5, 0.6) is 0 Å². The lowest BCUT2D eigenvalue weighted by Crippen LogP contribution is -2.16. The van der Waals surface area contributed by atoms with Crippen molar-refractivity contribution < 1.29 is 22.5 Å². The van der Waals surface area contributed by atoms with Crippen molar-refractivity contribution in [3.05, 3.63) is 12.2 Å². The minimum atomic E-state index is -4.20. The molecule has 0 aliphatic heterocycles. The molecule has 14 heavy (non-hydrogen) atoms. The van der Waals surface area contributed by atoms with Gasteiger partial charge in [-0.1, -0.05) is 19.9 Å². The maximum absolute atomic E-state index is 11.0. The van der Waals surface area contributed by atoms with Gasteiger partial charge in [-0.15, -0.1) is 0 Å². The Morgan fingerprint density at radius 3 is 2.50 bits per heavy atom. The van der Waals surface area contributed by atoms with Crippen molar-refractivity contribution in [2.45, 2.75) is 19.8 Å². The summed E-state index contributed by atoms with van der Waals surface area (Å²) in [7, 11) is -4.20. The van der Waals surface area contributed by atoms with Gasteiger partial charge < -0.3 is 4.74 Å². The third-order valence-corrected chi connectivity index (χ3v) is 2.09. The molecule has 0 aliphatic carbocycles. The van der Waals surface area contributed by atoms with E-state index in [0.717, 1.165) is 6.42 Å². The summed E-state index contributed by atoms with van der Waals surface area (Å²) < 4.78 is 33.8. The highest BCUT2D eigenvalue weighted by Crippen LogP contribution is 2.00. The predicted octanol–water partition coefficient (Wildman–Crippen LogP) is 0.774. The van der Waals surface area contributed by atoms with Crippen LogP contribution in [0.1, 0.15) is 19.8 Å². The van der Waals surface area contributed by atoms with Gasteiger partial charge in [0.2, 0.25) is 0 Å². The average molecular weight is 222 g/mol. The van der Waals surface area contributed by atoms with Crippen LogP contribution in [-0.2, 0) is 19.6 Å². The van der Waals surface area contributed by atoms with E-state index >= 15 is 0 Å². The van der Waals surface area contributed by atoms with Crippen LogP contribution in [0, 0.1) is 0 Å². The molecular formula is C8H14O5S. The van der Waals surface area contributed by atoms with Gasteiger partial charge in [-0.3, -0.25) is 4.55 Å². The van der Waals surface area contributed by atoms with Crippen LogP contribution in [0.25, 0.3) is 0 Å². The Kier molecular flexibility index (Phi) is 5.40. The largest absolute Gasteiger partial charge is 0.462 e. The van der Waals surface area contributed by atoms with Crippen LogP contribution >= 0.6 is 0 Å². The Hall–Kier alpha value is -0.880. The average Bonchev–Trinajstić information content (AvgIpc) is 2.01. The molecule has 0 aromatic rings. The third kappa shape index (κ3) is 6.62. The van der Waals surface area contributed by atoms with E-state index in [1.54, 1.807) is 0 Å². The monoisotopic (exact) mass is 222 g/mol. The molecule has 0 atom stereocenters. The van der Waals surface area contributed by atoms with Gasteiger partial charge in [-0.25, -0.2) is 4.79 Å². The second-order valence-electron chi connectivity index (χ2n) is 2.82. The van der Waals surface area contributed by atoms with Crippen molar-refractivity contribution in [2.24, 2.45) is 0 Å². The zero-order valence-electron chi connectivity index (χ0n) is 8.02. The Bertz CT molecular complexity index is 304. The molecule has 5 nitrogen and oxygen atoms in total. The first kappa shape index (κ1) is 13.1. The van der Waals surface area contributed by atoms with E-state index < -0.39 is 21.8 Å². The van der Waals surface area contributed by atoms with E-state index in [1.807, 2.05) is 6.92 Å². The molecule has 0 bridgehead atoms. The van der Waals surface area contributed by atoms with Gasteiger partial charge in [0.1, 0.15) is 5.75 Å². The van der Waals surface area contributed by atoms with Crippen LogP contribution in [-0.4, -0.2) is 31.3 Å². The molecule has 0 rings (SSSR count). The lowest BCUT2D eigenvalue weighted by Gasteiger charge is -2.04. The number of carbonyl (C=O) groups excluding carboxylic acids is 1. The molecule has 0 heterocycles. The fraction of sp³-hybridized carbons (Fsp3) is 0.625. The summed E-state index contributed by atoms with van der Waals surface area (Å²) in [4.78, 5) is 11.0. The first-order chi connectivity index (χ1) is 6.37. The molecule has 0 radical (unpaired) electrons. The summed E-state index contributed by atoms with van der Waals surface area (Å²) >= 11 is 0. The Balaban J connectivity index is 3.96. The topological polar surface area (TPSA) is 80.7 Å². The zero-order valence-corrected chi connectivity index (χ0v) is 8.84. The number of esters is 1. The molecule has 1 N–H and O–H groups in total. The highest BCUT2D eigenvalue weighted by molar-refractivity contribution is 7.86. The summed E-state index contributed by atoms with van der Waals surface area (Å²) in [6.07, 6.45) is 1.59. The molecule has 0 aromatic heterocycles. The molecule has 6 heteroatoms. The second-order valence-corrected chi connectivity index (χ2v) is 4.27. The molecule has 0 saturated carbocycles. The summed E-state index contributed by atoms with van der Waals surface area (Å²) in [5, 5.41) is 0. The third-order valence-electron chi connectivity index (χ3n) is 1.38. The molecule has 0 unspecified atom stereocenters. The Morgan fingerprint density at radius 2 is 2.07 bits per heavy atom. The Labute approximate surface area is 83.5 Å². The smallest absolute Gasteiger partial charge is 0.334 e. The second kappa shape index (κ2) is 5.77. The number of ether oxygens (including phenoxy) is 1. The first-order valence-electron chi connectivity index (χ1n) is 4.17. The van der Waals surface area contributed by atoms with Gasteiger partial charge in [-0.05, 0) is 6.42 Å². The SMILES string of the molecule is C=C(CS(=O)(=O)O)C(=O)OCCCC. The molecule has 0 amide bonds. The lowest BCUT2D eigenvalue weighted by molar-refractivity contribution is -0.139. The standard InChI is InChI=1S/C8H14O5S/c1-3-4-5-13-8(9)7(2)6-14(10,11)12/h2-6H2,1H3,(H,10,11,12). The minimum Gasteiger partial charge on any atom is -0.462 e. The lowest BCUT2D eigenvalue weighted by atomic mass is 10.3. The molecule has 0 aliphatic rings. The summed E-state index contributed by atoms with van der Waals surface area (Å²) in [5.41, 5.74) is -0.261. The van der Waals surface area contributed by atoms with Gasteiger partial charge >= 0.3 is 5.97 Å². The summed E-state index contributed by atoms with van der Waals surface area (Å²) in [6, 6.07) is 0. The normalized spacial score (nSPS) is 11.0. The van der Waals surface area contributed by atoms with Gasteiger partial charge in [0.05, 0.1) is 6.61 Å². The maximum atomic E-state index is 11.0. The zero-order chi connectivity index (χ0) is 11.2. The fourth-order valence-electron chi connectivity index (χ4n) is 0.690. The molecule has 82 valence electrons. The van der Waals surface area contributed by atoms with Gasteiger partial charge in [0.25, 0.3) is 10.1 Å². The van der Waals surface area contributed by atoms with Crippen molar-refractivity contribution in [1.82, 2.24) is 0 Å². The van der Waals surface area contributed by atoms with Crippen molar-refractivity contribution in [2.75, 3.05) is 12.4 Å². The summed E-state index contributed by atoms with van der Waals surface area (Å²) in [6.45, 7) is 5.37. The number of hydrogen-bond acceptors (Lipinski definition) is 4. The fourth-order valence-corrected chi connectivity index (χ4v) is 1.25. The maximum Gasteiger partial charge on any atom is 0.334 e. The highest BCUT2D eigenvalue weighted by Gasteiger charge is 2.15. The number of carbonyl (C=O) groups is 1. The predicted molar refractivity (Wildman–Crippen MR) is 51.4 cm³/mol. The van der Waals surface area contributed by atoms with Crippen molar-refractivity contribution >= 4 is 16.1 Å². The van der Waals surface area contributed by atoms with E-state index in [-0.39, 0.29) is 12.2 Å². The van der Waals surface area contributed by atoms with Crippen LogP contribution in [0.15, 0.2) is 12.2 Å². The van der Waals surface area contributed by atoms with Crippen LogP contribution < -0.4 is 0 Å². The van der Waals surface area contributed by atoms with Gasteiger partial charge in [-0.2, -0.15) is 8.42 Å². The van der Waals surface area contributed by atoms with Crippen LogP contribution in [0.2, 0.25) is 0 Å². The number of unbranched alkanes of at least 4 members (excludes halogenated alkanes) is 1. The first-order valence-corrected chi connectivity index (χ1v) is 5.77. The van der Waals surface area contributed by atoms with Crippen LogP contribution in [0.4, 0.5) is 0 Å². The van der Waals surface area contributed by atoms with Crippen molar-refractivity contribution in [1.29, 1.82) is 0 Å². The van der Waals surface area contributed by atoms with E-state index in [4.69, 9.17) is 4.55 Å². The van der Waals surface area contributed by atoms with Gasteiger partial charge in [0, 0.05) is 5.57 Å². The summed E-state index contributed by atoms with van der Waals surface area (Å²) in [5.74, 6) is -1.56. The van der Waals surface area contributed by atoms with E-state index in [9.17, 15) is 13.2 Å². The van der Waals surface area contributed by atoms with Gasteiger partial charge in [0.15, 0.2) is 0 Å². The highest BCUT2D eigenvalue weighted by atomic mass is 32.2.